The lowest BCUT2D eigenvalue weighted by molar-refractivity contribution is 0.0474. The van der Waals surface area contributed by atoms with Crippen LogP contribution in [0.15, 0.2) is 38.8 Å². The summed E-state index contributed by atoms with van der Waals surface area (Å²) in [6, 6.07) is 5.23. The van der Waals surface area contributed by atoms with Crippen molar-refractivity contribution in [2.45, 2.75) is 18.7 Å². The van der Waals surface area contributed by atoms with Crippen LogP contribution >= 0.6 is 0 Å². The number of carbonyl (C=O) groups is 2. The number of anilines is 1. The first-order chi connectivity index (χ1) is 14.5. The van der Waals surface area contributed by atoms with Gasteiger partial charge in [-0.05, 0) is 18.2 Å². The van der Waals surface area contributed by atoms with Gasteiger partial charge in [0, 0.05) is 27.2 Å². The van der Waals surface area contributed by atoms with Crippen LogP contribution in [0, 0.1) is 0 Å². The third-order valence-corrected chi connectivity index (χ3v) is 6.78. The molecule has 0 saturated heterocycles. The van der Waals surface area contributed by atoms with Crippen LogP contribution in [0.1, 0.15) is 34.6 Å². The van der Waals surface area contributed by atoms with Crippen molar-refractivity contribution in [3.8, 4) is 0 Å². The van der Waals surface area contributed by atoms with Gasteiger partial charge in [0.15, 0.2) is 6.61 Å². The zero-order valence-corrected chi connectivity index (χ0v) is 18.4. The molecule has 0 radical (unpaired) electrons. The maximum absolute atomic E-state index is 12.6. The smallest absolute Gasteiger partial charge is 0.338 e. The Morgan fingerprint density at radius 2 is 1.71 bits per heavy atom. The molecule has 0 spiro atoms. The number of nitrogens with two attached hydrogens (primary N) is 1. The van der Waals surface area contributed by atoms with Gasteiger partial charge >= 0.3 is 11.7 Å². The molecular weight excluding hydrogens is 428 g/mol. The minimum atomic E-state index is -3.79. The first-order valence-electron chi connectivity index (χ1n) is 9.33. The van der Waals surface area contributed by atoms with Crippen LogP contribution < -0.4 is 17.0 Å². The maximum atomic E-state index is 12.6. The molecule has 0 aliphatic heterocycles. The highest BCUT2D eigenvalue weighted by molar-refractivity contribution is 7.89. The van der Waals surface area contributed by atoms with E-state index in [9.17, 15) is 27.6 Å². The number of carbonyl (C=O) groups excluding carboxylic acids is 2. The maximum Gasteiger partial charge on any atom is 0.338 e. The number of ketones is 1. The minimum Gasteiger partial charge on any atom is -0.454 e. The fourth-order valence-corrected chi connectivity index (χ4v) is 4.41. The molecule has 1 aromatic heterocycles. The number of nitrogens with zero attached hydrogens (tertiary/aromatic N) is 3. The van der Waals surface area contributed by atoms with Crippen molar-refractivity contribution < 1.29 is 22.7 Å². The molecule has 0 amide bonds. The monoisotopic (exact) mass is 452 g/mol. The van der Waals surface area contributed by atoms with Crippen LogP contribution in [0.3, 0.4) is 0 Å². The van der Waals surface area contributed by atoms with Gasteiger partial charge in [-0.15, -0.1) is 0 Å². The summed E-state index contributed by atoms with van der Waals surface area (Å²) in [5.41, 5.74) is 3.54. The predicted molar refractivity (Wildman–Crippen MR) is 112 cm³/mol. The Kier molecular flexibility index (Phi) is 7.18. The topological polar surface area (TPSA) is 151 Å². The third-order valence-electron chi connectivity index (χ3n) is 4.74. The average molecular weight is 452 g/mol. The van der Waals surface area contributed by atoms with Gasteiger partial charge in [0.05, 0.1) is 10.5 Å². The first-order valence-corrected chi connectivity index (χ1v) is 10.8. The van der Waals surface area contributed by atoms with Crippen molar-refractivity contribution >= 4 is 27.6 Å². The van der Waals surface area contributed by atoms with Crippen LogP contribution in [0.5, 0.6) is 0 Å². The summed E-state index contributed by atoms with van der Waals surface area (Å²) < 4.78 is 33.1. The van der Waals surface area contributed by atoms with Crippen molar-refractivity contribution in [1.82, 2.24) is 13.4 Å². The molecule has 1 heterocycles. The molecule has 2 N–H and O–H groups in total. The second-order valence-electron chi connectivity index (χ2n) is 6.58. The van der Waals surface area contributed by atoms with Crippen molar-refractivity contribution in [1.29, 1.82) is 0 Å². The van der Waals surface area contributed by atoms with E-state index in [0.29, 0.717) is 4.57 Å². The molecule has 2 rings (SSSR count). The molecule has 0 fully saturated rings. The summed E-state index contributed by atoms with van der Waals surface area (Å²) in [5.74, 6) is -2.19. The van der Waals surface area contributed by atoms with Gasteiger partial charge in [-0.3, -0.25) is 18.7 Å². The van der Waals surface area contributed by atoms with Crippen LogP contribution in [-0.2, 0) is 28.9 Å². The summed E-state index contributed by atoms with van der Waals surface area (Å²) in [6.45, 7) is 3.10. The number of Topliss-reactive ketones (excluding diaryl/α,β-unsaturated/α-hetero) is 1. The fourth-order valence-electron chi connectivity index (χ4n) is 2.90. The molecule has 1 aromatic carbocycles. The summed E-state index contributed by atoms with van der Waals surface area (Å²) in [7, 11) is -1.31. The van der Waals surface area contributed by atoms with E-state index >= 15 is 0 Å². The van der Waals surface area contributed by atoms with Gasteiger partial charge in [-0.2, -0.15) is 4.31 Å². The lowest BCUT2D eigenvalue weighted by atomic mass is 10.2. The number of hydrogen-bond donors (Lipinski definition) is 1. The number of hydrogen-bond acceptors (Lipinski definition) is 8. The van der Waals surface area contributed by atoms with Gasteiger partial charge in [-0.25, -0.2) is 18.0 Å². The van der Waals surface area contributed by atoms with E-state index in [1.165, 1.54) is 36.6 Å². The highest BCUT2D eigenvalue weighted by Crippen LogP contribution is 2.17. The standard InChI is InChI=1S/C19H24N4O7S/c1-5-23(6-2)31(28,29)13-9-7-8-12(10-13)18(26)30-11-14(24)15-16(20)21(3)19(27)22(4)17(15)25/h7-10H,5-6,11,20H2,1-4H3. The van der Waals surface area contributed by atoms with Gasteiger partial charge in [0.2, 0.25) is 15.8 Å². The molecule has 12 heteroatoms. The number of rotatable bonds is 8. The number of sulfonamides is 1. The Labute approximate surface area is 178 Å². The second-order valence-corrected chi connectivity index (χ2v) is 8.52. The SMILES string of the molecule is CCN(CC)S(=O)(=O)c1cccc(C(=O)OCC(=O)c2c(N)n(C)c(=O)n(C)c2=O)c1. The van der Waals surface area contributed by atoms with Gasteiger partial charge in [0.25, 0.3) is 5.56 Å². The van der Waals surface area contributed by atoms with E-state index in [1.54, 1.807) is 13.8 Å². The second kappa shape index (κ2) is 9.27. The van der Waals surface area contributed by atoms with Crippen molar-refractivity contribution in [3.63, 3.8) is 0 Å². The number of benzene rings is 1. The quantitative estimate of drug-likeness (QED) is 0.425. The molecular formula is C19H24N4O7S. The Hall–Kier alpha value is -3.25. The van der Waals surface area contributed by atoms with E-state index < -0.39 is 45.2 Å². The fraction of sp³-hybridized carbons (Fsp3) is 0.368. The van der Waals surface area contributed by atoms with Crippen molar-refractivity contribution in [2.24, 2.45) is 14.1 Å². The molecule has 0 unspecified atom stereocenters. The Morgan fingerprint density at radius 3 is 2.29 bits per heavy atom. The van der Waals surface area contributed by atoms with Crippen molar-refractivity contribution in [2.75, 3.05) is 25.4 Å². The van der Waals surface area contributed by atoms with E-state index in [2.05, 4.69) is 0 Å². The third kappa shape index (κ3) is 4.59. The molecule has 0 aliphatic carbocycles. The number of nitrogen functional groups attached to an aromatic ring is 1. The van der Waals surface area contributed by atoms with E-state index in [4.69, 9.17) is 10.5 Å². The zero-order chi connectivity index (χ0) is 23.5. The van der Waals surface area contributed by atoms with E-state index in [0.717, 1.165) is 10.6 Å². The summed E-state index contributed by atoms with van der Waals surface area (Å²) in [6.07, 6.45) is 0. The summed E-state index contributed by atoms with van der Waals surface area (Å²) in [5, 5.41) is 0. The normalized spacial score (nSPS) is 11.5. The van der Waals surface area contributed by atoms with Crippen LogP contribution in [-0.4, -0.2) is 53.3 Å². The van der Waals surface area contributed by atoms with Crippen LogP contribution in [0.4, 0.5) is 5.82 Å². The molecule has 31 heavy (non-hydrogen) atoms. The zero-order valence-electron chi connectivity index (χ0n) is 17.6. The van der Waals surface area contributed by atoms with Crippen molar-refractivity contribution in [3.05, 3.63) is 56.2 Å². The molecule has 0 aliphatic rings. The van der Waals surface area contributed by atoms with Crippen LogP contribution in [0.2, 0.25) is 0 Å². The lowest BCUT2D eigenvalue weighted by Crippen LogP contribution is -2.42. The predicted octanol–water partition coefficient (Wildman–Crippen LogP) is -0.264. The summed E-state index contributed by atoms with van der Waals surface area (Å²) in [4.78, 5) is 48.8. The average Bonchev–Trinajstić information content (AvgIpc) is 2.75. The molecule has 0 bridgehead atoms. The van der Waals surface area contributed by atoms with Gasteiger partial charge in [0.1, 0.15) is 11.4 Å². The Balaban J connectivity index is 2.26. The highest BCUT2D eigenvalue weighted by atomic mass is 32.2. The van der Waals surface area contributed by atoms with Gasteiger partial charge in [-0.1, -0.05) is 19.9 Å². The number of aromatic nitrogens is 2. The Bertz CT molecular complexity index is 1240. The minimum absolute atomic E-state index is 0.0811. The largest absolute Gasteiger partial charge is 0.454 e. The summed E-state index contributed by atoms with van der Waals surface area (Å²) >= 11 is 0. The molecule has 2 aromatic rings. The first kappa shape index (κ1) is 24.0. The lowest BCUT2D eigenvalue weighted by Gasteiger charge is -2.18. The van der Waals surface area contributed by atoms with Gasteiger partial charge < -0.3 is 10.5 Å². The van der Waals surface area contributed by atoms with Crippen LogP contribution in [0.25, 0.3) is 0 Å². The van der Waals surface area contributed by atoms with E-state index in [1.807, 2.05) is 0 Å². The van der Waals surface area contributed by atoms with E-state index in [-0.39, 0.29) is 29.4 Å². The molecule has 168 valence electrons. The molecule has 0 saturated carbocycles. The highest BCUT2D eigenvalue weighted by Gasteiger charge is 2.24. The molecule has 0 atom stereocenters. The Morgan fingerprint density at radius 1 is 1.10 bits per heavy atom. The number of ether oxygens (including phenoxy) is 1. The molecule has 11 nitrogen and oxygen atoms in total. The number of esters is 1.